The van der Waals surface area contributed by atoms with Crippen molar-refractivity contribution >= 4 is 17.5 Å². The average molecular weight is 296 g/mol. The Labute approximate surface area is 128 Å². The quantitative estimate of drug-likeness (QED) is 0.522. The first-order valence-corrected chi connectivity index (χ1v) is 7.10. The van der Waals surface area contributed by atoms with E-state index >= 15 is 0 Å². The van der Waals surface area contributed by atoms with Crippen molar-refractivity contribution in [3.8, 4) is 5.75 Å². The number of nitrogen functional groups attached to an aromatic ring is 1. The molecule has 0 radical (unpaired) electrons. The van der Waals surface area contributed by atoms with Crippen molar-refractivity contribution in [2.75, 3.05) is 18.9 Å². The number of fused-ring (bicyclic) bond motifs is 1. The zero-order chi connectivity index (χ0) is 15.5. The predicted octanol–water partition coefficient (Wildman–Crippen LogP) is 2.33. The first-order valence-electron chi connectivity index (χ1n) is 7.10. The van der Waals surface area contributed by atoms with Gasteiger partial charge in [-0.3, -0.25) is 14.5 Å². The number of amides is 2. The molecular formula is C17H16N2O3. The minimum Gasteiger partial charge on any atom is -0.494 e. The van der Waals surface area contributed by atoms with Crippen LogP contribution < -0.4 is 10.5 Å². The van der Waals surface area contributed by atoms with Gasteiger partial charge in [0.15, 0.2) is 0 Å². The van der Waals surface area contributed by atoms with Crippen LogP contribution in [0.3, 0.4) is 0 Å². The number of carbonyl (C=O) groups is 2. The lowest BCUT2D eigenvalue weighted by Gasteiger charge is -2.14. The summed E-state index contributed by atoms with van der Waals surface area (Å²) < 4.78 is 5.56. The van der Waals surface area contributed by atoms with Gasteiger partial charge < -0.3 is 10.5 Å². The van der Waals surface area contributed by atoms with E-state index in [1.807, 2.05) is 0 Å². The maximum absolute atomic E-state index is 12.2. The lowest BCUT2D eigenvalue weighted by atomic mass is 10.1. The second-order valence-corrected chi connectivity index (χ2v) is 5.08. The van der Waals surface area contributed by atoms with E-state index < -0.39 is 0 Å². The monoisotopic (exact) mass is 296 g/mol. The molecule has 0 saturated carbocycles. The van der Waals surface area contributed by atoms with E-state index in [4.69, 9.17) is 10.5 Å². The third-order valence-corrected chi connectivity index (χ3v) is 3.55. The molecule has 1 aliphatic heterocycles. The zero-order valence-electron chi connectivity index (χ0n) is 12.0. The summed E-state index contributed by atoms with van der Waals surface area (Å²) in [6.07, 6.45) is 0.579. The van der Waals surface area contributed by atoms with E-state index in [2.05, 4.69) is 0 Å². The van der Waals surface area contributed by atoms with Crippen molar-refractivity contribution in [1.29, 1.82) is 0 Å². The summed E-state index contributed by atoms with van der Waals surface area (Å²) in [7, 11) is 0. The highest BCUT2D eigenvalue weighted by Crippen LogP contribution is 2.22. The molecule has 0 unspecified atom stereocenters. The van der Waals surface area contributed by atoms with Gasteiger partial charge in [0.1, 0.15) is 5.75 Å². The molecule has 3 rings (SSSR count). The van der Waals surface area contributed by atoms with Gasteiger partial charge in [-0.25, -0.2) is 0 Å². The molecule has 0 aromatic heterocycles. The van der Waals surface area contributed by atoms with Gasteiger partial charge in [-0.15, -0.1) is 0 Å². The number of nitrogens with two attached hydrogens (primary N) is 1. The van der Waals surface area contributed by atoms with Gasteiger partial charge >= 0.3 is 0 Å². The van der Waals surface area contributed by atoms with Gasteiger partial charge in [-0.1, -0.05) is 12.1 Å². The van der Waals surface area contributed by atoms with Gasteiger partial charge in [0, 0.05) is 12.2 Å². The summed E-state index contributed by atoms with van der Waals surface area (Å²) in [5, 5.41) is 0. The van der Waals surface area contributed by atoms with Crippen molar-refractivity contribution in [1.82, 2.24) is 4.90 Å². The van der Waals surface area contributed by atoms with E-state index in [0.717, 1.165) is 5.75 Å². The molecule has 112 valence electrons. The molecule has 0 saturated heterocycles. The Morgan fingerprint density at radius 1 is 0.909 bits per heavy atom. The zero-order valence-corrected chi connectivity index (χ0v) is 12.0. The summed E-state index contributed by atoms with van der Waals surface area (Å²) >= 11 is 0. The molecule has 2 N–H and O–H groups in total. The molecule has 1 heterocycles. The minimum atomic E-state index is -0.229. The third kappa shape index (κ3) is 2.65. The van der Waals surface area contributed by atoms with Crippen molar-refractivity contribution in [3.05, 3.63) is 59.7 Å². The van der Waals surface area contributed by atoms with Gasteiger partial charge in [-0.05, 0) is 42.8 Å². The molecule has 0 bridgehead atoms. The van der Waals surface area contributed by atoms with Crippen LogP contribution in [0, 0.1) is 0 Å². The van der Waals surface area contributed by atoms with Crippen molar-refractivity contribution < 1.29 is 14.3 Å². The van der Waals surface area contributed by atoms with E-state index in [0.29, 0.717) is 36.4 Å². The van der Waals surface area contributed by atoms with Crippen LogP contribution in [0.5, 0.6) is 5.75 Å². The third-order valence-electron chi connectivity index (χ3n) is 3.55. The number of carbonyl (C=O) groups excluding carboxylic acids is 2. The van der Waals surface area contributed by atoms with Crippen molar-refractivity contribution in [2.24, 2.45) is 0 Å². The summed E-state index contributed by atoms with van der Waals surface area (Å²) in [4.78, 5) is 25.6. The molecule has 2 amide bonds. The maximum Gasteiger partial charge on any atom is 0.261 e. The second-order valence-electron chi connectivity index (χ2n) is 5.08. The van der Waals surface area contributed by atoms with Crippen LogP contribution in [-0.2, 0) is 0 Å². The summed E-state index contributed by atoms with van der Waals surface area (Å²) in [6, 6.07) is 14.0. The van der Waals surface area contributed by atoms with Crippen LogP contribution in [0.4, 0.5) is 5.69 Å². The molecule has 22 heavy (non-hydrogen) atoms. The summed E-state index contributed by atoms with van der Waals surface area (Å²) in [5.41, 5.74) is 7.24. The highest BCUT2D eigenvalue weighted by atomic mass is 16.5. The Bertz CT molecular complexity index is 675. The van der Waals surface area contributed by atoms with Crippen LogP contribution in [0.25, 0.3) is 0 Å². The van der Waals surface area contributed by atoms with E-state index in [9.17, 15) is 9.59 Å². The SMILES string of the molecule is Nc1ccc(OCCCN2C(=O)c3ccccc3C2=O)cc1. The fourth-order valence-corrected chi connectivity index (χ4v) is 2.42. The maximum atomic E-state index is 12.2. The number of anilines is 1. The van der Waals surface area contributed by atoms with Crippen LogP contribution >= 0.6 is 0 Å². The Hall–Kier alpha value is -2.82. The Kier molecular flexibility index (Phi) is 3.78. The van der Waals surface area contributed by atoms with Crippen LogP contribution in [0.1, 0.15) is 27.1 Å². The predicted molar refractivity (Wildman–Crippen MR) is 82.8 cm³/mol. The fraction of sp³-hybridized carbons (Fsp3) is 0.176. The number of hydrogen-bond acceptors (Lipinski definition) is 4. The standard InChI is InChI=1S/C17H16N2O3/c18-12-6-8-13(9-7-12)22-11-3-10-19-16(20)14-4-1-2-5-15(14)17(19)21/h1-2,4-9H,3,10-11,18H2. The Morgan fingerprint density at radius 2 is 1.50 bits per heavy atom. The van der Waals surface area contributed by atoms with E-state index in [-0.39, 0.29) is 11.8 Å². The minimum absolute atomic E-state index is 0.229. The molecule has 1 aliphatic rings. The molecule has 2 aromatic carbocycles. The molecule has 5 heteroatoms. The van der Waals surface area contributed by atoms with E-state index in [1.54, 1.807) is 48.5 Å². The Morgan fingerprint density at radius 3 is 2.09 bits per heavy atom. The van der Waals surface area contributed by atoms with E-state index in [1.165, 1.54) is 4.90 Å². The molecule has 5 nitrogen and oxygen atoms in total. The van der Waals surface area contributed by atoms with Gasteiger partial charge in [0.2, 0.25) is 0 Å². The van der Waals surface area contributed by atoms with Crippen molar-refractivity contribution in [3.63, 3.8) is 0 Å². The molecule has 0 aliphatic carbocycles. The van der Waals surface area contributed by atoms with Gasteiger partial charge in [-0.2, -0.15) is 0 Å². The number of nitrogens with zero attached hydrogens (tertiary/aromatic N) is 1. The average Bonchev–Trinajstić information content (AvgIpc) is 2.78. The van der Waals surface area contributed by atoms with Crippen LogP contribution in [-0.4, -0.2) is 29.9 Å². The second kappa shape index (κ2) is 5.89. The largest absolute Gasteiger partial charge is 0.494 e. The van der Waals surface area contributed by atoms with Crippen LogP contribution in [0.15, 0.2) is 48.5 Å². The smallest absolute Gasteiger partial charge is 0.261 e. The highest BCUT2D eigenvalue weighted by molar-refractivity contribution is 6.21. The topological polar surface area (TPSA) is 72.6 Å². The molecule has 0 fully saturated rings. The summed E-state index contributed by atoms with van der Waals surface area (Å²) in [6.45, 7) is 0.776. The molecule has 0 atom stereocenters. The first kappa shape index (κ1) is 14.1. The highest BCUT2D eigenvalue weighted by Gasteiger charge is 2.34. The van der Waals surface area contributed by atoms with Crippen LogP contribution in [0.2, 0.25) is 0 Å². The lowest BCUT2D eigenvalue weighted by molar-refractivity contribution is 0.0647. The first-order chi connectivity index (χ1) is 10.7. The number of hydrogen-bond donors (Lipinski definition) is 1. The normalized spacial score (nSPS) is 13.4. The number of ether oxygens (including phenoxy) is 1. The Balaban J connectivity index is 1.54. The van der Waals surface area contributed by atoms with Gasteiger partial charge in [0.25, 0.3) is 11.8 Å². The number of benzene rings is 2. The molecule has 0 spiro atoms. The fourth-order valence-electron chi connectivity index (χ4n) is 2.42. The van der Waals surface area contributed by atoms with Crippen molar-refractivity contribution in [2.45, 2.75) is 6.42 Å². The van der Waals surface area contributed by atoms with Gasteiger partial charge in [0.05, 0.1) is 17.7 Å². The summed E-state index contributed by atoms with van der Waals surface area (Å²) in [5.74, 6) is 0.262. The lowest BCUT2D eigenvalue weighted by Crippen LogP contribution is -2.31. The molecule has 2 aromatic rings. The number of rotatable bonds is 5. The number of imide groups is 1. The molecular weight excluding hydrogens is 280 g/mol.